The topological polar surface area (TPSA) is 114 Å². The molecule has 0 bridgehead atoms. The van der Waals surface area contributed by atoms with Crippen molar-refractivity contribution in [1.29, 1.82) is 0 Å². The first-order chi connectivity index (χ1) is 12.1. The van der Waals surface area contributed by atoms with Gasteiger partial charge in [0.15, 0.2) is 5.13 Å². The van der Waals surface area contributed by atoms with E-state index >= 15 is 0 Å². The van der Waals surface area contributed by atoms with Crippen LogP contribution in [0.1, 0.15) is 16.1 Å². The number of nitrogens with two attached hydrogens (primary N) is 1. The molecule has 3 aromatic rings. The third kappa shape index (κ3) is 4.68. The lowest BCUT2D eigenvalue weighted by molar-refractivity contribution is -0.113. The maximum atomic E-state index is 12.0. The predicted molar refractivity (Wildman–Crippen MR) is 99.4 cm³/mol. The number of carbonyl (C=O) groups excluding carboxylic acids is 2. The molecule has 0 saturated heterocycles. The number of aromatic amines is 1. The average Bonchev–Trinajstić information content (AvgIpc) is 3.25. The molecule has 0 aliphatic rings. The number of thioether (sulfide) groups is 1. The Kier molecular flexibility index (Phi) is 5.46. The number of amides is 2. The van der Waals surface area contributed by atoms with Crippen molar-refractivity contribution in [3.8, 4) is 11.3 Å². The van der Waals surface area contributed by atoms with E-state index in [1.165, 1.54) is 23.1 Å². The molecule has 3 heterocycles. The van der Waals surface area contributed by atoms with Crippen LogP contribution in [0.3, 0.4) is 0 Å². The maximum Gasteiger partial charge on any atom is 0.265 e. The Morgan fingerprint density at radius 2 is 2.28 bits per heavy atom. The highest BCUT2D eigenvalue weighted by molar-refractivity contribution is 7.99. The molecule has 4 N–H and O–H groups in total. The first kappa shape index (κ1) is 17.2. The van der Waals surface area contributed by atoms with Gasteiger partial charge in [-0.1, -0.05) is 6.07 Å². The van der Waals surface area contributed by atoms with Crippen molar-refractivity contribution in [2.24, 2.45) is 5.73 Å². The first-order valence-corrected chi connectivity index (χ1v) is 9.36. The zero-order valence-electron chi connectivity index (χ0n) is 13.1. The van der Waals surface area contributed by atoms with Crippen LogP contribution in [0.15, 0.2) is 42.2 Å². The second-order valence-corrected chi connectivity index (χ2v) is 6.95. The van der Waals surface area contributed by atoms with Crippen molar-refractivity contribution in [1.82, 2.24) is 15.0 Å². The third-order valence-electron chi connectivity index (χ3n) is 3.22. The predicted octanol–water partition coefficient (Wildman–Crippen LogP) is 2.50. The van der Waals surface area contributed by atoms with Crippen LogP contribution < -0.4 is 11.1 Å². The summed E-state index contributed by atoms with van der Waals surface area (Å²) in [6.07, 6.45) is 5.16. The zero-order chi connectivity index (χ0) is 17.6. The fourth-order valence-corrected chi connectivity index (χ4v) is 3.55. The van der Waals surface area contributed by atoms with E-state index in [2.05, 4.69) is 20.3 Å². The Hall–Kier alpha value is -2.65. The van der Waals surface area contributed by atoms with E-state index in [-0.39, 0.29) is 5.91 Å². The van der Waals surface area contributed by atoms with Crippen molar-refractivity contribution in [3.63, 3.8) is 0 Å². The van der Waals surface area contributed by atoms with Crippen LogP contribution in [0.5, 0.6) is 0 Å². The molecule has 0 unspecified atom stereocenters. The van der Waals surface area contributed by atoms with Crippen molar-refractivity contribution in [2.75, 3.05) is 11.1 Å². The minimum atomic E-state index is -0.527. The van der Waals surface area contributed by atoms with Crippen molar-refractivity contribution in [2.45, 2.75) is 5.75 Å². The summed E-state index contributed by atoms with van der Waals surface area (Å²) in [6, 6.07) is 5.48. The summed E-state index contributed by atoms with van der Waals surface area (Å²) < 4.78 is 0. The standard InChI is InChI=1S/C16H15N5O2S2/c17-15(23)12-4-11(6-19-12)13-8-25-16(20-13)21-14(22)9-24-7-10-2-1-3-18-5-10/h1-6,8,19H,7,9H2,(H2,17,23)(H,20,21,22). The molecule has 0 saturated carbocycles. The van der Waals surface area contributed by atoms with E-state index in [1.807, 2.05) is 17.5 Å². The van der Waals surface area contributed by atoms with Gasteiger partial charge in [0.05, 0.1) is 11.4 Å². The Morgan fingerprint density at radius 3 is 3.00 bits per heavy atom. The molecule has 2 amide bonds. The van der Waals surface area contributed by atoms with E-state index in [9.17, 15) is 9.59 Å². The van der Waals surface area contributed by atoms with Crippen LogP contribution in [0.4, 0.5) is 5.13 Å². The molecule has 0 spiro atoms. The zero-order valence-corrected chi connectivity index (χ0v) is 14.7. The lowest BCUT2D eigenvalue weighted by Crippen LogP contribution is -2.13. The van der Waals surface area contributed by atoms with Gasteiger partial charge in [-0.3, -0.25) is 14.6 Å². The second-order valence-electron chi connectivity index (χ2n) is 5.11. The summed E-state index contributed by atoms with van der Waals surface area (Å²) >= 11 is 2.84. The van der Waals surface area contributed by atoms with Gasteiger partial charge in [0, 0.05) is 35.3 Å². The third-order valence-corrected chi connectivity index (χ3v) is 4.98. The average molecular weight is 373 g/mol. The number of thiazole rings is 1. The Morgan fingerprint density at radius 1 is 1.40 bits per heavy atom. The molecule has 25 heavy (non-hydrogen) atoms. The van der Waals surface area contributed by atoms with Gasteiger partial charge in [-0.25, -0.2) is 4.98 Å². The van der Waals surface area contributed by atoms with Crippen LogP contribution in [-0.4, -0.2) is 32.5 Å². The number of aromatic nitrogens is 3. The van der Waals surface area contributed by atoms with Crippen molar-refractivity contribution < 1.29 is 9.59 Å². The van der Waals surface area contributed by atoms with E-state index in [4.69, 9.17) is 5.73 Å². The lowest BCUT2D eigenvalue weighted by Gasteiger charge is -2.02. The Balaban J connectivity index is 1.52. The van der Waals surface area contributed by atoms with Crippen LogP contribution >= 0.6 is 23.1 Å². The molecule has 0 aromatic carbocycles. The number of primary amides is 1. The number of nitrogens with one attached hydrogen (secondary N) is 2. The molecule has 0 fully saturated rings. The number of nitrogens with zero attached hydrogens (tertiary/aromatic N) is 2. The van der Waals surface area contributed by atoms with E-state index in [0.29, 0.717) is 22.3 Å². The van der Waals surface area contributed by atoms with Gasteiger partial charge in [0.25, 0.3) is 5.91 Å². The van der Waals surface area contributed by atoms with Gasteiger partial charge in [-0.2, -0.15) is 0 Å². The highest BCUT2D eigenvalue weighted by atomic mass is 32.2. The number of pyridine rings is 1. The number of hydrogen-bond donors (Lipinski definition) is 3. The highest BCUT2D eigenvalue weighted by Gasteiger charge is 2.11. The molecule has 3 rings (SSSR count). The smallest absolute Gasteiger partial charge is 0.265 e. The molecule has 0 atom stereocenters. The summed E-state index contributed by atoms with van der Waals surface area (Å²) in [5, 5.41) is 5.11. The number of hydrogen-bond acceptors (Lipinski definition) is 6. The maximum absolute atomic E-state index is 12.0. The molecule has 9 heteroatoms. The van der Waals surface area contributed by atoms with Gasteiger partial charge in [-0.05, 0) is 17.7 Å². The number of carbonyl (C=O) groups is 2. The molecule has 0 radical (unpaired) electrons. The number of rotatable bonds is 7. The molecule has 128 valence electrons. The molecular weight excluding hydrogens is 358 g/mol. The SMILES string of the molecule is NC(=O)c1cc(-c2csc(NC(=O)CSCc3cccnc3)n2)c[nH]1. The largest absolute Gasteiger partial charge is 0.364 e. The fourth-order valence-electron chi connectivity index (χ4n) is 2.05. The molecule has 0 aliphatic carbocycles. The fraction of sp³-hybridized carbons (Fsp3) is 0.125. The Bertz CT molecular complexity index is 876. The van der Waals surface area contributed by atoms with Gasteiger partial charge in [-0.15, -0.1) is 23.1 Å². The summed E-state index contributed by atoms with van der Waals surface area (Å²) in [4.78, 5) is 34.3. The van der Waals surface area contributed by atoms with Gasteiger partial charge >= 0.3 is 0 Å². The van der Waals surface area contributed by atoms with Crippen molar-refractivity contribution in [3.05, 3.63) is 53.4 Å². The summed E-state index contributed by atoms with van der Waals surface area (Å²) in [5.74, 6) is 0.422. The summed E-state index contributed by atoms with van der Waals surface area (Å²) in [6.45, 7) is 0. The van der Waals surface area contributed by atoms with Crippen LogP contribution in [0, 0.1) is 0 Å². The summed E-state index contributed by atoms with van der Waals surface area (Å²) in [7, 11) is 0. The van der Waals surface area contributed by atoms with Gasteiger partial charge in [0.1, 0.15) is 5.69 Å². The second kappa shape index (κ2) is 7.95. The summed E-state index contributed by atoms with van der Waals surface area (Å²) in [5.41, 5.74) is 8.03. The van der Waals surface area contributed by atoms with E-state index in [0.717, 1.165) is 16.9 Å². The van der Waals surface area contributed by atoms with E-state index < -0.39 is 5.91 Å². The normalized spacial score (nSPS) is 10.6. The van der Waals surface area contributed by atoms with Crippen LogP contribution in [0.2, 0.25) is 0 Å². The quantitative estimate of drug-likeness (QED) is 0.589. The highest BCUT2D eigenvalue weighted by Crippen LogP contribution is 2.25. The monoisotopic (exact) mass is 373 g/mol. The van der Waals surface area contributed by atoms with Gasteiger partial charge in [0.2, 0.25) is 5.91 Å². The van der Waals surface area contributed by atoms with Crippen LogP contribution in [-0.2, 0) is 10.5 Å². The van der Waals surface area contributed by atoms with E-state index in [1.54, 1.807) is 24.7 Å². The van der Waals surface area contributed by atoms with Gasteiger partial charge < -0.3 is 16.0 Å². The lowest BCUT2D eigenvalue weighted by atomic mass is 10.2. The minimum absolute atomic E-state index is 0.110. The van der Waals surface area contributed by atoms with Crippen LogP contribution in [0.25, 0.3) is 11.3 Å². The van der Waals surface area contributed by atoms with Crippen molar-refractivity contribution >= 4 is 40.0 Å². The molecule has 0 aliphatic heterocycles. The first-order valence-electron chi connectivity index (χ1n) is 7.32. The number of H-pyrrole nitrogens is 1. The molecular formula is C16H15N5O2S2. The number of anilines is 1. The molecule has 7 nitrogen and oxygen atoms in total. The minimum Gasteiger partial charge on any atom is -0.364 e. The Labute approximate surface area is 152 Å². The molecule has 3 aromatic heterocycles.